The van der Waals surface area contributed by atoms with Crippen molar-refractivity contribution in [3.8, 4) is 44.5 Å². The molecule has 0 unspecified atom stereocenters. The lowest BCUT2D eigenvalue weighted by atomic mass is 9.93. The lowest BCUT2D eigenvalue weighted by Crippen LogP contribution is -1.91. The summed E-state index contributed by atoms with van der Waals surface area (Å²) in [6.45, 7) is 20.8. The number of allylic oxidation sites excluding steroid dienone is 2. The Morgan fingerprint density at radius 3 is 0.920 bits per heavy atom. The molecule has 0 saturated carbocycles. The zero-order chi connectivity index (χ0) is 35.6. The fraction of sp³-hybridized carbons (Fsp3) is 0.200. The van der Waals surface area contributed by atoms with E-state index >= 15 is 0 Å². The van der Waals surface area contributed by atoms with Gasteiger partial charge in [-0.3, -0.25) is 0 Å². The van der Waals surface area contributed by atoms with Crippen LogP contribution in [0, 0.1) is 41.5 Å². The fourth-order valence-electron chi connectivity index (χ4n) is 6.49. The van der Waals surface area contributed by atoms with Crippen LogP contribution >= 0.6 is 0 Å². The van der Waals surface area contributed by atoms with Crippen LogP contribution in [0.4, 0.5) is 0 Å². The Morgan fingerprint density at radius 2 is 0.620 bits per heavy atom. The first-order valence-corrected chi connectivity index (χ1v) is 17.9. The summed E-state index contributed by atoms with van der Waals surface area (Å²) in [4.78, 5) is 0. The second kappa shape index (κ2) is 17.0. The summed E-state index contributed by atoms with van der Waals surface area (Å²) in [5.74, 6) is 0. The normalized spacial score (nSPS) is 10.7. The van der Waals surface area contributed by atoms with Crippen molar-refractivity contribution in [3.63, 3.8) is 0 Å². The van der Waals surface area contributed by atoms with Crippen LogP contribution in [0.5, 0.6) is 0 Å². The molecule has 0 heteroatoms. The Hall–Kier alpha value is -5.20. The summed E-state index contributed by atoms with van der Waals surface area (Å²) in [5, 5.41) is 0. The smallest absolute Gasteiger partial charge is 0.0152 e. The van der Waals surface area contributed by atoms with Gasteiger partial charge in [-0.1, -0.05) is 133 Å². The van der Waals surface area contributed by atoms with Gasteiger partial charge in [0.05, 0.1) is 0 Å². The first kappa shape index (κ1) is 36.1. The lowest BCUT2D eigenvalue weighted by molar-refractivity contribution is 1.00. The predicted molar refractivity (Wildman–Crippen MR) is 220 cm³/mol. The number of hydrogen-bond donors (Lipinski definition) is 0. The molecule has 0 heterocycles. The van der Waals surface area contributed by atoms with Gasteiger partial charge in [0.2, 0.25) is 0 Å². The highest BCUT2D eigenvalue weighted by molar-refractivity contribution is 5.75. The van der Waals surface area contributed by atoms with E-state index in [1.165, 1.54) is 89.0 Å². The Labute approximate surface area is 301 Å². The maximum absolute atomic E-state index is 3.79. The molecule has 0 fully saturated rings. The first-order valence-electron chi connectivity index (χ1n) is 17.9. The molecule has 0 spiro atoms. The van der Waals surface area contributed by atoms with E-state index in [0.717, 1.165) is 25.7 Å². The van der Waals surface area contributed by atoms with Crippen molar-refractivity contribution >= 4 is 0 Å². The molecule has 6 aromatic carbocycles. The van der Waals surface area contributed by atoms with Gasteiger partial charge in [0.15, 0.2) is 0 Å². The van der Waals surface area contributed by atoms with Crippen molar-refractivity contribution in [1.29, 1.82) is 0 Å². The number of aryl methyl sites for hydroxylation is 4. The molecule has 0 radical (unpaired) electrons. The minimum absolute atomic E-state index is 1.03. The monoisotopic (exact) mass is 652 g/mol. The van der Waals surface area contributed by atoms with Gasteiger partial charge in [0.1, 0.15) is 0 Å². The Morgan fingerprint density at radius 1 is 0.340 bits per heavy atom. The van der Waals surface area contributed by atoms with Crippen molar-refractivity contribution in [2.75, 3.05) is 0 Å². The zero-order valence-electron chi connectivity index (χ0n) is 30.9. The highest BCUT2D eigenvalue weighted by atomic mass is 14.1. The van der Waals surface area contributed by atoms with Crippen LogP contribution in [0.2, 0.25) is 0 Å². The molecule has 0 aliphatic rings. The quantitative estimate of drug-likeness (QED) is 0.129. The van der Waals surface area contributed by atoms with Gasteiger partial charge in [0.25, 0.3) is 0 Å². The SMILES string of the molecule is C=CCCc1ccc(-c2ccc(-c3ccc(C)c(C)c3C)cc2)cc1.C=CCCc1ccc(-c2ccc(-c3ccc(C)c(C)c3C)cc2)cc1. The lowest BCUT2D eigenvalue weighted by Gasteiger charge is -2.12. The Bertz CT molecular complexity index is 1880. The highest BCUT2D eigenvalue weighted by Crippen LogP contribution is 2.31. The molecule has 0 aromatic heterocycles. The highest BCUT2D eigenvalue weighted by Gasteiger charge is 2.08. The van der Waals surface area contributed by atoms with Gasteiger partial charge < -0.3 is 0 Å². The maximum Gasteiger partial charge on any atom is -0.0152 e. The van der Waals surface area contributed by atoms with Crippen molar-refractivity contribution < 1.29 is 0 Å². The van der Waals surface area contributed by atoms with Gasteiger partial charge in [-0.15, -0.1) is 13.2 Å². The average Bonchev–Trinajstić information content (AvgIpc) is 3.15. The summed E-state index contributed by atoms with van der Waals surface area (Å²) in [7, 11) is 0. The average molecular weight is 653 g/mol. The standard InChI is InChI=1S/2C25H26/c2*1-5-6-7-21-9-11-22(12-10-21)23-13-15-24(16-14-23)25-17-8-18(2)19(3)20(25)4/h2*5,8-17H,1,6-7H2,2-4H3. The zero-order valence-corrected chi connectivity index (χ0v) is 30.9. The minimum Gasteiger partial charge on any atom is -0.103 e. The first-order chi connectivity index (χ1) is 24.2. The summed E-state index contributed by atoms with van der Waals surface area (Å²) >= 11 is 0. The molecular formula is C50H52. The third-order valence-electron chi connectivity index (χ3n) is 10.4. The molecule has 0 bridgehead atoms. The minimum atomic E-state index is 1.03. The van der Waals surface area contributed by atoms with Crippen molar-refractivity contribution in [1.82, 2.24) is 0 Å². The second-order valence-electron chi connectivity index (χ2n) is 13.6. The molecule has 50 heavy (non-hydrogen) atoms. The number of rotatable bonds is 10. The maximum atomic E-state index is 3.79. The van der Waals surface area contributed by atoms with E-state index in [4.69, 9.17) is 0 Å². The van der Waals surface area contributed by atoms with Crippen molar-refractivity contribution in [2.24, 2.45) is 0 Å². The molecule has 252 valence electrons. The Kier molecular flexibility index (Phi) is 12.2. The van der Waals surface area contributed by atoms with E-state index in [-0.39, 0.29) is 0 Å². The molecule has 6 rings (SSSR count). The molecule has 0 aliphatic heterocycles. The number of hydrogen-bond acceptors (Lipinski definition) is 0. The molecule has 6 aromatic rings. The van der Waals surface area contributed by atoms with Crippen LogP contribution in [0.3, 0.4) is 0 Å². The topological polar surface area (TPSA) is 0 Å². The predicted octanol–water partition coefficient (Wildman–Crippen LogP) is 14.1. The molecule has 0 saturated heterocycles. The van der Waals surface area contributed by atoms with E-state index in [0.29, 0.717) is 0 Å². The van der Waals surface area contributed by atoms with Crippen molar-refractivity contribution in [3.05, 3.63) is 191 Å². The summed E-state index contributed by atoms with van der Waals surface area (Å²) in [5.41, 5.74) is 21.3. The van der Waals surface area contributed by atoms with Crippen LogP contribution in [0.1, 0.15) is 57.3 Å². The molecule has 0 atom stereocenters. The third kappa shape index (κ3) is 8.68. The molecule has 0 nitrogen and oxygen atoms in total. The molecular weight excluding hydrogens is 601 g/mol. The Balaban J connectivity index is 0.000000194. The number of benzene rings is 6. The summed E-state index contributed by atoms with van der Waals surface area (Å²) < 4.78 is 0. The van der Waals surface area contributed by atoms with Crippen LogP contribution in [-0.2, 0) is 12.8 Å². The van der Waals surface area contributed by atoms with E-state index in [1.807, 2.05) is 12.2 Å². The third-order valence-corrected chi connectivity index (χ3v) is 10.4. The van der Waals surface area contributed by atoms with Crippen LogP contribution in [-0.4, -0.2) is 0 Å². The van der Waals surface area contributed by atoms with Crippen LogP contribution in [0.25, 0.3) is 44.5 Å². The molecule has 0 aliphatic carbocycles. The van der Waals surface area contributed by atoms with Gasteiger partial charge in [-0.05, 0) is 156 Å². The molecule has 0 amide bonds. The molecule has 0 N–H and O–H groups in total. The van der Waals surface area contributed by atoms with E-state index in [2.05, 4.69) is 176 Å². The fourth-order valence-corrected chi connectivity index (χ4v) is 6.49. The second-order valence-corrected chi connectivity index (χ2v) is 13.6. The van der Waals surface area contributed by atoms with Crippen molar-refractivity contribution in [2.45, 2.75) is 67.2 Å². The van der Waals surface area contributed by atoms with Gasteiger partial charge in [-0.25, -0.2) is 0 Å². The van der Waals surface area contributed by atoms with Gasteiger partial charge >= 0.3 is 0 Å². The van der Waals surface area contributed by atoms with Crippen LogP contribution in [0.15, 0.2) is 147 Å². The largest absolute Gasteiger partial charge is 0.103 e. The van der Waals surface area contributed by atoms with E-state index in [1.54, 1.807) is 0 Å². The van der Waals surface area contributed by atoms with Gasteiger partial charge in [0, 0.05) is 0 Å². The van der Waals surface area contributed by atoms with E-state index in [9.17, 15) is 0 Å². The van der Waals surface area contributed by atoms with Crippen LogP contribution < -0.4 is 0 Å². The summed E-state index contributed by atoms with van der Waals surface area (Å²) in [6.07, 6.45) is 8.14. The van der Waals surface area contributed by atoms with Gasteiger partial charge in [-0.2, -0.15) is 0 Å². The summed E-state index contributed by atoms with van der Waals surface area (Å²) in [6, 6.07) is 44.5. The van der Waals surface area contributed by atoms with E-state index < -0.39 is 0 Å².